The fourth-order valence-corrected chi connectivity index (χ4v) is 3.13. The second-order valence-corrected chi connectivity index (χ2v) is 6.86. The Hall–Kier alpha value is -4.06. The molecule has 1 N–H and O–H groups in total. The van der Waals surface area contributed by atoms with E-state index in [0.29, 0.717) is 47.3 Å². The van der Waals surface area contributed by atoms with Gasteiger partial charge < -0.3 is 19.5 Å². The normalized spacial score (nSPS) is 12.4. The summed E-state index contributed by atoms with van der Waals surface area (Å²) in [4.78, 5) is 25.0. The number of allylic oxidation sites excluding steroid dienone is 1. The highest BCUT2D eigenvalue weighted by atomic mass is 16.6. The van der Waals surface area contributed by atoms with E-state index in [1.54, 1.807) is 67.8 Å². The summed E-state index contributed by atoms with van der Waals surface area (Å²) in [6.07, 6.45) is 3.21. The number of carbonyl (C=O) groups excluding carboxylic acids is 2. The number of benzene rings is 3. The van der Waals surface area contributed by atoms with Crippen LogP contribution in [0.1, 0.15) is 26.3 Å². The van der Waals surface area contributed by atoms with E-state index in [1.807, 2.05) is 12.1 Å². The van der Waals surface area contributed by atoms with Crippen molar-refractivity contribution in [3.05, 3.63) is 89.5 Å². The number of hydrogen-bond acceptors (Lipinski definition) is 5. The van der Waals surface area contributed by atoms with Gasteiger partial charge in [-0.2, -0.15) is 0 Å². The maximum Gasteiger partial charge on any atom is 0.255 e. The smallest absolute Gasteiger partial charge is 0.255 e. The first kappa shape index (κ1) is 20.2. The van der Waals surface area contributed by atoms with Gasteiger partial charge in [-0.25, -0.2) is 0 Å². The average Bonchev–Trinajstić information content (AvgIpc) is 2.82. The van der Waals surface area contributed by atoms with Gasteiger partial charge in [0.1, 0.15) is 19.0 Å². The minimum Gasteiger partial charge on any atom is -0.497 e. The molecule has 1 amide bonds. The number of fused-ring (bicyclic) bond motifs is 1. The molecule has 0 saturated heterocycles. The van der Waals surface area contributed by atoms with Crippen molar-refractivity contribution in [1.82, 2.24) is 0 Å². The highest BCUT2D eigenvalue weighted by Crippen LogP contribution is 2.31. The molecule has 1 aliphatic rings. The Morgan fingerprint density at radius 2 is 1.65 bits per heavy atom. The van der Waals surface area contributed by atoms with Crippen LogP contribution in [0.4, 0.5) is 5.69 Å². The van der Waals surface area contributed by atoms with Crippen molar-refractivity contribution in [3.63, 3.8) is 0 Å². The van der Waals surface area contributed by atoms with E-state index in [-0.39, 0.29) is 11.7 Å². The summed E-state index contributed by atoms with van der Waals surface area (Å²) in [5, 5.41) is 2.86. The molecule has 156 valence electrons. The number of carbonyl (C=O) groups is 2. The minimum atomic E-state index is -0.226. The molecule has 1 aliphatic heterocycles. The monoisotopic (exact) mass is 415 g/mol. The molecule has 0 radical (unpaired) electrons. The number of amides is 1. The van der Waals surface area contributed by atoms with Crippen molar-refractivity contribution in [3.8, 4) is 17.2 Å². The van der Waals surface area contributed by atoms with E-state index < -0.39 is 0 Å². The Bertz CT molecular complexity index is 1130. The van der Waals surface area contributed by atoms with Gasteiger partial charge in [0, 0.05) is 16.8 Å². The summed E-state index contributed by atoms with van der Waals surface area (Å²) in [5.41, 5.74) is 2.47. The minimum absolute atomic E-state index is 0.148. The predicted molar refractivity (Wildman–Crippen MR) is 118 cm³/mol. The molecular formula is C25H21NO5. The second-order valence-electron chi connectivity index (χ2n) is 6.86. The summed E-state index contributed by atoms with van der Waals surface area (Å²) < 4.78 is 16.1. The van der Waals surface area contributed by atoms with Gasteiger partial charge in [-0.05, 0) is 66.2 Å². The number of nitrogens with one attached hydrogen (secondary N) is 1. The van der Waals surface area contributed by atoms with Crippen molar-refractivity contribution >= 4 is 23.5 Å². The van der Waals surface area contributed by atoms with Crippen LogP contribution in [-0.4, -0.2) is 32.0 Å². The third-order valence-electron chi connectivity index (χ3n) is 4.75. The van der Waals surface area contributed by atoms with Crippen LogP contribution in [0.15, 0.2) is 72.8 Å². The summed E-state index contributed by atoms with van der Waals surface area (Å²) >= 11 is 0. The van der Waals surface area contributed by atoms with Gasteiger partial charge >= 0.3 is 0 Å². The Balaban J connectivity index is 1.43. The van der Waals surface area contributed by atoms with Gasteiger partial charge in [-0.3, -0.25) is 9.59 Å². The number of rotatable bonds is 6. The Morgan fingerprint density at radius 3 is 2.42 bits per heavy atom. The lowest BCUT2D eigenvalue weighted by molar-refractivity contribution is 0.102. The summed E-state index contributed by atoms with van der Waals surface area (Å²) in [6.45, 7) is 0.973. The topological polar surface area (TPSA) is 73.9 Å². The fourth-order valence-electron chi connectivity index (χ4n) is 3.13. The Labute approximate surface area is 180 Å². The molecule has 6 heteroatoms. The number of ether oxygens (including phenoxy) is 3. The van der Waals surface area contributed by atoms with Crippen molar-refractivity contribution in [1.29, 1.82) is 0 Å². The van der Waals surface area contributed by atoms with E-state index in [4.69, 9.17) is 14.2 Å². The van der Waals surface area contributed by atoms with Crippen LogP contribution in [0, 0.1) is 0 Å². The van der Waals surface area contributed by atoms with Crippen molar-refractivity contribution < 1.29 is 23.8 Å². The fraction of sp³-hybridized carbons (Fsp3) is 0.120. The first-order valence-electron chi connectivity index (χ1n) is 9.80. The van der Waals surface area contributed by atoms with Gasteiger partial charge in [0.05, 0.1) is 7.11 Å². The standard InChI is InChI=1S/C25H21NO5/c1-29-21-9-6-18(7-10-21)25(28)26-20-4-2-3-17(15-20)5-11-22(27)19-8-12-23-24(16-19)31-14-13-30-23/h2-12,15-16H,13-14H2,1H3,(H,26,28)/b11-5+. The molecule has 4 rings (SSSR count). The molecule has 0 spiro atoms. The molecule has 31 heavy (non-hydrogen) atoms. The third-order valence-corrected chi connectivity index (χ3v) is 4.75. The zero-order valence-corrected chi connectivity index (χ0v) is 17.0. The van der Waals surface area contributed by atoms with E-state index in [1.165, 1.54) is 6.08 Å². The van der Waals surface area contributed by atoms with Gasteiger partial charge in [-0.1, -0.05) is 18.2 Å². The quantitative estimate of drug-likeness (QED) is 0.470. The van der Waals surface area contributed by atoms with E-state index >= 15 is 0 Å². The van der Waals surface area contributed by atoms with Crippen molar-refractivity contribution in [2.45, 2.75) is 0 Å². The lowest BCUT2D eigenvalue weighted by Gasteiger charge is -2.18. The van der Waals surface area contributed by atoms with E-state index in [0.717, 1.165) is 5.56 Å². The molecule has 0 aromatic heterocycles. The number of anilines is 1. The number of hydrogen-bond donors (Lipinski definition) is 1. The summed E-state index contributed by atoms with van der Waals surface area (Å²) in [6, 6.07) is 19.3. The maximum absolute atomic E-state index is 12.5. The van der Waals surface area contributed by atoms with Crippen LogP contribution in [0.5, 0.6) is 17.2 Å². The third kappa shape index (κ3) is 4.93. The SMILES string of the molecule is COc1ccc(C(=O)Nc2cccc(/C=C/C(=O)c3ccc4c(c3)OCCO4)c2)cc1. The zero-order valence-electron chi connectivity index (χ0n) is 17.0. The zero-order chi connectivity index (χ0) is 21.6. The van der Waals surface area contributed by atoms with Crippen LogP contribution < -0.4 is 19.5 Å². The molecule has 0 bridgehead atoms. The van der Waals surface area contributed by atoms with Gasteiger partial charge in [0.15, 0.2) is 17.3 Å². The highest BCUT2D eigenvalue weighted by Gasteiger charge is 2.13. The van der Waals surface area contributed by atoms with Crippen LogP contribution >= 0.6 is 0 Å². The molecule has 0 unspecified atom stereocenters. The van der Waals surface area contributed by atoms with Gasteiger partial charge in [-0.15, -0.1) is 0 Å². The van der Waals surface area contributed by atoms with Gasteiger partial charge in [0.25, 0.3) is 5.91 Å². The van der Waals surface area contributed by atoms with Crippen molar-refractivity contribution in [2.24, 2.45) is 0 Å². The lowest BCUT2D eigenvalue weighted by Crippen LogP contribution is -2.15. The predicted octanol–water partition coefficient (Wildman–Crippen LogP) is 4.61. The maximum atomic E-state index is 12.5. The molecular weight excluding hydrogens is 394 g/mol. The molecule has 6 nitrogen and oxygen atoms in total. The number of methoxy groups -OCH3 is 1. The Kier molecular flexibility index (Phi) is 5.98. The number of ketones is 1. The van der Waals surface area contributed by atoms with Crippen LogP contribution in [0.3, 0.4) is 0 Å². The first-order chi connectivity index (χ1) is 15.1. The van der Waals surface area contributed by atoms with Crippen LogP contribution in [-0.2, 0) is 0 Å². The molecule has 0 atom stereocenters. The molecule has 3 aromatic rings. The van der Waals surface area contributed by atoms with Gasteiger partial charge in [0.2, 0.25) is 0 Å². The molecule has 1 heterocycles. The van der Waals surface area contributed by atoms with Crippen LogP contribution in [0.2, 0.25) is 0 Å². The summed E-state index contributed by atoms with van der Waals surface area (Å²) in [5.74, 6) is 1.54. The highest BCUT2D eigenvalue weighted by molar-refractivity contribution is 6.07. The molecule has 0 aliphatic carbocycles. The van der Waals surface area contributed by atoms with Crippen LogP contribution in [0.25, 0.3) is 6.08 Å². The molecule has 3 aromatic carbocycles. The lowest BCUT2D eigenvalue weighted by atomic mass is 10.1. The molecule has 0 fully saturated rings. The van der Waals surface area contributed by atoms with Crippen molar-refractivity contribution in [2.75, 3.05) is 25.6 Å². The molecule has 0 saturated carbocycles. The first-order valence-corrected chi connectivity index (χ1v) is 9.80. The second kappa shape index (κ2) is 9.17. The van der Waals surface area contributed by atoms with E-state index in [2.05, 4.69) is 5.32 Å². The largest absolute Gasteiger partial charge is 0.497 e. The van der Waals surface area contributed by atoms with E-state index in [9.17, 15) is 9.59 Å². The average molecular weight is 415 g/mol. The Morgan fingerprint density at radius 1 is 0.903 bits per heavy atom. The summed E-state index contributed by atoms with van der Waals surface area (Å²) in [7, 11) is 1.58.